The second-order valence-electron chi connectivity index (χ2n) is 8.67. The molecule has 7 heteroatoms. The molecule has 1 saturated carbocycles. The van der Waals surface area contributed by atoms with E-state index in [9.17, 15) is 9.59 Å². The van der Waals surface area contributed by atoms with Gasteiger partial charge in [-0.15, -0.1) is 0 Å². The topological polar surface area (TPSA) is 72.6 Å². The molecule has 3 unspecified atom stereocenters. The highest BCUT2D eigenvalue weighted by molar-refractivity contribution is 7.22. The Morgan fingerprint density at radius 3 is 2.81 bits per heavy atom. The van der Waals surface area contributed by atoms with Crippen LogP contribution in [0.15, 0.2) is 46.3 Å². The lowest BCUT2D eigenvalue weighted by molar-refractivity contribution is -0.131. The summed E-state index contributed by atoms with van der Waals surface area (Å²) in [6, 6.07) is 7.11. The molecule has 0 N–H and O–H groups in total. The Bertz CT molecular complexity index is 1260. The number of amides is 1. The van der Waals surface area contributed by atoms with Crippen molar-refractivity contribution in [2.75, 3.05) is 4.90 Å². The summed E-state index contributed by atoms with van der Waals surface area (Å²) in [6.45, 7) is 4.07. The molecular weight excluding hydrogens is 412 g/mol. The van der Waals surface area contributed by atoms with Crippen molar-refractivity contribution in [1.29, 1.82) is 0 Å². The molecule has 2 aromatic heterocycles. The molecule has 158 valence electrons. The molecule has 0 spiro atoms. The molecule has 6 rings (SSSR count). The second kappa shape index (κ2) is 6.79. The van der Waals surface area contributed by atoms with Crippen molar-refractivity contribution in [3.05, 3.63) is 58.7 Å². The van der Waals surface area contributed by atoms with E-state index in [1.54, 1.807) is 17.2 Å². The average molecular weight is 435 g/mol. The van der Waals surface area contributed by atoms with Crippen LogP contribution in [0.5, 0.6) is 0 Å². The van der Waals surface area contributed by atoms with Crippen molar-refractivity contribution in [1.82, 2.24) is 4.98 Å². The Kier molecular flexibility index (Phi) is 4.12. The first-order chi connectivity index (χ1) is 15.0. The first-order valence-electron chi connectivity index (χ1n) is 10.7. The first-order valence-corrected chi connectivity index (χ1v) is 11.5. The SMILES string of the molecule is Cc1cc(C)c2nc(N3C(=O)C4=C(C(=O)C5CCCCC5O4)C3c3ccco3)sc2c1. The van der Waals surface area contributed by atoms with Gasteiger partial charge in [0.15, 0.2) is 16.7 Å². The fourth-order valence-corrected chi connectivity index (χ4v) is 6.39. The van der Waals surface area contributed by atoms with Crippen LogP contribution in [0.3, 0.4) is 0 Å². The summed E-state index contributed by atoms with van der Waals surface area (Å²) in [6.07, 6.45) is 5.01. The lowest BCUT2D eigenvalue weighted by Gasteiger charge is -2.35. The van der Waals surface area contributed by atoms with Crippen molar-refractivity contribution in [3.8, 4) is 0 Å². The van der Waals surface area contributed by atoms with Crippen molar-refractivity contribution in [2.45, 2.75) is 51.7 Å². The number of benzene rings is 1. The van der Waals surface area contributed by atoms with E-state index in [4.69, 9.17) is 14.1 Å². The number of carbonyl (C=O) groups excluding carboxylic acids is 2. The highest BCUT2D eigenvalue weighted by Gasteiger charge is 2.54. The van der Waals surface area contributed by atoms with Crippen LogP contribution in [-0.2, 0) is 14.3 Å². The third-order valence-corrected chi connectivity index (χ3v) is 7.60. The van der Waals surface area contributed by atoms with Gasteiger partial charge in [0.05, 0.1) is 28.0 Å². The molecule has 31 heavy (non-hydrogen) atoms. The number of fused-ring (bicyclic) bond motifs is 2. The molecule has 3 atom stereocenters. The molecule has 4 heterocycles. The van der Waals surface area contributed by atoms with Crippen molar-refractivity contribution in [2.24, 2.45) is 5.92 Å². The smallest absolute Gasteiger partial charge is 0.296 e. The van der Waals surface area contributed by atoms with Crippen LogP contribution in [0.4, 0.5) is 5.13 Å². The minimum atomic E-state index is -0.644. The monoisotopic (exact) mass is 434 g/mol. The van der Waals surface area contributed by atoms with E-state index < -0.39 is 6.04 Å². The lowest BCUT2D eigenvalue weighted by atomic mass is 9.78. The average Bonchev–Trinajstić information content (AvgIpc) is 3.47. The van der Waals surface area contributed by atoms with Gasteiger partial charge in [-0.2, -0.15) is 0 Å². The quantitative estimate of drug-likeness (QED) is 0.567. The number of aromatic nitrogens is 1. The van der Waals surface area contributed by atoms with Gasteiger partial charge in [0.25, 0.3) is 5.91 Å². The van der Waals surface area contributed by atoms with Crippen LogP contribution >= 0.6 is 11.3 Å². The Morgan fingerprint density at radius 1 is 1.16 bits per heavy atom. The number of hydrogen-bond acceptors (Lipinski definition) is 6. The standard InChI is InChI=1S/C24H22N2O4S/c1-12-10-13(2)19-17(11-12)31-24(25-19)26-20(16-8-5-9-29-16)18-21(27)14-6-3-4-7-15(14)30-22(18)23(26)28/h5,8-11,14-15,20H,3-4,6-7H2,1-2H3. The summed E-state index contributed by atoms with van der Waals surface area (Å²) < 4.78 is 12.9. The molecule has 3 aromatic rings. The number of carbonyl (C=O) groups is 2. The number of thiazole rings is 1. The molecule has 0 bridgehead atoms. The van der Waals surface area contributed by atoms with Gasteiger partial charge in [-0.1, -0.05) is 23.8 Å². The van der Waals surface area contributed by atoms with Gasteiger partial charge in [-0.05, 0) is 62.4 Å². The van der Waals surface area contributed by atoms with Gasteiger partial charge in [0.2, 0.25) is 0 Å². The van der Waals surface area contributed by atoms with E-state index >= 15 is 0 Å². The van der Waals surface area contributed by atoms with E-state index in [1.165, 1.54) is 11.3 Å². The normalized spacial score (nSPS) is 25.7. The third kappa shape index (κ3) is 2.72. The summed E-state index contributed by atoms with van der Waals surface area (Å²) in [7, 11) is 0. The number of rotatable bonds is 2. The van der Waals surface area contributed by atoms with E-state index in [0.717, 1.165) is 47.0 Å². The van der Waals surface area contributed by atoms with Crippen molar-refractivity contribution in [3.63, 3.8) is 0 Å². The zero-order valence-electron chi connectivity index (χ0n) is 17.4. The molecule has 1 amide bonds. The number of ketones is 1. The van der Waals surface area contributed by atoms with Gasteiger partial charge in [0, 0.05) is 0 Å². The highest BCUT2D eigenvalue weighted by Crippen LogP contribution is 2.49. The predicted molar refractivity (Wildman–Crippen MR) is 117 cm³/mol. The van der Waals surface area contributed by atoms with E-state index in [1.807, 2.05) is 19.9 Å². The van der Waals surface area contributed by atoms with Gasteiger partial charge < -0.3 is 9.15 Å². The van der Waals surface area contributed by atoms with Gasteiger partial charge >= 0.3 is 0 Å². The van der Waals surface area contributed by atoms with Crippen LogP contribution in [0.1, 0.15) is 48.6 Å². The number of aryl methyl sites for hydroxylation is 2. The van der Waals surface area contributed by atoms with Crippen LogP contribution in [0, 0.1) is 19.8 Å². The van der Waals surface area contributed by atoms with Gasteiger partial charge in [-0.25, -0.2) is 4.98 Å². The number of hydrogen-bond donors (Lipinski definition) is 0. The number of ether oxygens (including phenoxy) is 1. The fraction of sp³-hybridized carbons (Fsp3) is 0.375. The van der Waals surface area contributed by atoms with Crippen molar-refractivity contribution < 1.29 is 18.7 Å². The number of furan rings is 1. The molecule has 3 aliphatic rings. The highest BCUT2D eigenvalue weighted by atomic mass is 32.1. The van der Waals surface area contributed by atoms with Crippen LogP contribution in [0.25, 0.3) is 10.2 Å². The molecule has 0 saturated heterocycles. The Morgan fingerprint density at radius 2 is 2.00 bits per heavy atom. The lowest BCUT2D eigenvalue weighted by Crippen LogP contribution is -2.39. The molecule has 6 nitrogen and oxygen atoms in total. The van der Waals surface area contributed by atoms with Crippen LogP contribution in [0.2, 0.25) is 0 Å². The van der Waals surface area contributed by atoms with E-state index in [-0.39, 0.29) is 29.5 Å². The van der Waals surface area contributed by atoms with Crippen LogP contribution < -0.4 is 4.90 Å². The minimum Gasteiger partial charge on any atom is -0.483 e. The molecule has 1 fully saturated rings. The molecule has 1 aromatic carbocycles. The minimum absolute atomic E-state index is 0.0244. The van der Waals surface area contributed by atoms with Crippen LogP contribution in [-0.4, -0.2) is 22.8 Å². The summed E-state index contributed by atoms with van der Waals surface area (Å²) in [5.41, 5.74) is 3.52. The van der Waals surface area contributed by atoms with E-state index in [2.05, 4.69) is 12.1 Å². The Labute approximate surface area is 183 Å². The maximum Gasteiger partial charge on any atom is 0.296 e. The molecule has 0 radical (unpaired) electrons. The fourth-order valence-electron chi connectivity index (χ4n) is 5.22. The third-order valence-electron chi connectivity index (χ3n) is 6.60. The maximum atomic E-state index is 13.6. The first kappa shape index (κ1) is 18.8. The zero-order valence-corrected chi connectivity index (χ0v) is 18.2. The molecule has 2 aliphatic heterocycles. The number of anilines is 1. The second-order valence-corrected chi connectivity index (χ2v) is 9.68. The predicted octanol–water partition coefficient (Wildman–Crippen LogP) is 5.01. The maximum absolute atomic E-state index is 13.6. The van der Waals surface area contributed by atoms with E-state index in [0.29, 0.717) is 16.5 Å². The van der Waals surface area contributed by atoms with Gasteiger partial charge in [0.1, 0.15) is 17.9 Å². The molecular formula is C24H22N2O4S. The van der Waals surface area contributed by atoms with Crippen molar-refractivity contribution >= 4 is 38.4 Å². The number of Topliss-reactive ketones (excluding diaryl/α,β-unsaturated/α-hetero) is 1. The summed E-state index contributed by atoms with van der Waals surface area (Å²) in [5.74, 6) is 0.273. The number of nitrogens with zero attached hydrogens (tertiary/aromatic N) is 2. The zero-order chi connectivity index (χ0) is 21.3. The summed E-state index contributed by atoms with van der Waals surface area (Å²) in [4.78, 5) is 33.6. The van der Waals surface area contributed by atoms with Gasteiger partial charge in [-0.3, -0.25) is 14.5 Å². The largest absolute Gasteiger partial charge is 0.483 e. The molecule has 1 aliphatic carbocycles. The Hall–Kier alpha value is -2.93. The summed E-state index contributed by atoms with van der Waals surface area (Å²) >= 11 is 1.46. The summed E-state index contributed by atoms with van der Waals surface area (Å²) in [5, 5.41) is 0.559. The Balaban J connectivity index is 1.51.